The van der Waals surface area contributed by atoms with Gasteiger partial charge in [0, 0.05) is 6.54 Å². The van der Waals surface area contributed by atoms with Crippen LogP contribution in [0.5, 0.6) is 0 Å². The van der Waals surface area contributed by atoms with Crippen LogP contribution in [-0.2, 0) is 4.79 Å². The highest BCUT2D eigenvalue weighted by Gasteiger charge is 2.29. The third kappa shape index (κ3) is 3.22. The van der Waals surface area contributed by atoms with Crippen LogP contribution in [0.3, 0.4) is 0 Å². The van der Waals surface area contributed by atoms with Crippen molar-refractivity contribution in [1.29, 1.82) is 0 Å². The smallest absolute Gasteiger partial charge is 0.237 e. The first-order valence-corrected chi connectivity index (χ1v) is 5.69. The SMILES string of the molecule is C#CCNC(=O)C(C)N1CCC(C)C(O)C1. The normalized spacial score (nSPS) is 28.1. The van der Waals surface area contributed by atoms with Crippen molar-refractivity contribution in [1.82, 2.24) is 10.2 Å². The lowest BCUT2D eigenvalue weighted by atomic mass is 9.95. The summed E-state index contributed by atoms with van der Waals surface area (Å²) in [5, 5.41) is 12.4. The first-order chi connectivity index (χ1) is 7.56. The molecule has 3 atom stereocenters. The molecule has 1 saturated heterocycles. The summed E-state index contributed by atoms with van der Waals surface area (Å²) in [6, 6.07) is -0.226. The first kappa shape index (κ1) is 13.0. The van der Waals surface area contributed by atoms with Gasteiger partial charge >= 0.3 is 0 Å². The van der Waals surface area contributed by atoms with E-state index in [9.17, 15) is 9.90 Å². The fourth-order valence-electron chi connectivity index (χ4n) is 1.88. The van der Waals surface area contributed by atoms with E-state index in [1.807, 2.05) is 18.7 Å². The molecule has 0 aromatic rings. The predicted molar refractivity (Wildman–Crippen MR) is 62.7 cm³/mol. The van der Waals surface area contributed by atoms with E-state index < -0.39 is 0 Å². The van der Waals surface area contributed by atoms with Gasteiger partial charge in [0.05, 0.1) is 18.7 Å². The van der Waals surface area contributed by atoms with Crippen molar-refractivity contribution in [3.05, 3.63) is 0 Å². The van der Waals surface area contributed by atoms with E-state index >= 15 is 0 Å². The van der Waals surface area contributed by atoms with Gasteiger partial charge in [-0.15, -0.1) is 6.42 Å². The summed E-state index contributed by atoms with van der Waals surface area (Å²) in [5.74, 6) is 2.62. The molecule has 1 fully saturated rings. The van der Waals surface area contributed by atoms with Gasteiger partial charge in [0.2, 0.25) is 5.91 Å². The van der Waals surface area contributed by atoms with Crippen molar-refractivity contribution in [3.63, 3.8) is 0 Å². The molecule has 0 saturated carbocycles. The van der Waals surface area contributed by atoms with Crippen molar-refractivity contribution >= 4 is 5.91 Å². The highest BCUT2D eigenvalue weighted by Crippen LogP contribution is 2.18. The van der Waals surface area contributed by atoms with Gasteiger partial charge < -0.3 is 10.4 Å². The summed E-state index contributed by atoms with van der Waals surface area (Å²) in [6.07, 6.45) is 5.67. The Bertz CT molecular complexity index is 285. The number of nitrogens with zero attached hydrogens (tertiary/aromatic N) is 1. The number of aliphatic hydroxyl groups is 1. The third-order valence-corrected chi connectivity index (χ3v) is 3.24. The highest BCUT2D eigenvalue weighted by atomic mass is 16.3. The van der Waals surface area contributed by atoms with Crippen LogP contribution >= 0.6 is 0 Å². The molecule has 0 aliphatic carbocycles. The van der Waals surface area contributed by atoms with Crippen molar-refractivity contribution < 1.29 is 9.90 Å². The topological polar surface area (TPSA) is 52.6 Å². The van der Waals surface area contributed by atoms with Crippen LogP contribution in [0.15, 0.2) is 0 Å². The molecule has 1 aliphatic rings. The Hall–Kier alpha value is -1.05. The average molecular weight is 224 g/mol. The maximum absolute atomic E-state index is 11.7. The van der Waals surface area contributed by atoms with Gasteiger partial charge in [0.1, 0.15) is 0 Å². The number of carbonyl (C=O) groups excluding carboxylic acids is 1. The Balaban J connectivity index is 2.45. The number of piperidine rings is 1. The fourth-order valence-corrected chi connectivity index (χ4v) is 1.88. The van der Waals surface area contributed by atoms with Gasteiger partial charge in [-0.2, -0.15) is 0 Å². The summed E-state index contributed by atoms with van der Waals surface area (Å²) in [4.78, 5) is 13.7. The van der Waals surface area contributed by atoms with Gasteiger partial charge in [-0.3, -0.25) is 9.69 Å². The summed E-state index contributed by atoms with van der Waals surface area (Å²) in [5.41, 5.74) is 0. The highest BCUT2D eigenvalue weighted by molar-refractivity contribution is 5.81. The van der Waals surface area contributed by atoms with E-state index in [1.54, 1.807) is 0 Å². The van der Waals surface area contributed by atoms with E-state index in [4.69, 9.17) is 6.42 Å². The molecule has 16 heavy (non-hydrogen) atoms. The van der Waals surface area contributed by atoms with Crippen molar-refractivity contribution in [2.45, 2.75) is 32.4 Å². The number of hydrogen-bond donors (Lipinski definition) is 2. The fraction of sp³-hybridized carbons (Fsp3) is 0.750. The number of rotatable bonds is 3. The molecule has 1 aliphatic heterocycles. The Morgan fingerprint density at radius 2 is 2.44 bits per heavy atom. The second-order valence-corrected chi connectivity index (χ2v) is 4.43. The van der Waals surface area contributed by atoms with Crippen molar-refractivity contribution in [2.75, 3.05) is 19.6 Å². The van der Waals surface area contributed by atoms with Gasteiger partial charge in [-0.1, -0.05) is 12.8 Å². The lowest BCUT2D eigenvalue weighted by Crippen LogP contribution is -2.52. The molecule has 1 rings (SSSR count). The second-order valence-electron chi connectivity index (χ2n) is 4.43. The van der Waals surface area contributed by atoms with Crippen molar-refractivity contribution in [2.24, 2.45) is 5.92 Å². The largest absolute Gasteiger partial charge is 0.392 e. The molecule has 0 radical (unpaired) electrons. The average Bonchev–Trinajstić information content (AvgIpc) is 2.28. The number of carbonyl (C=O) groups is 1. The molecule has 2 N–H and O–H groups in total. The number of likely N-dealkylation sites (tertiary alicyclic amines) is 1. The van der Waals surface area contributed by atoms with Gasteiger partial charge in [0.25, 0.3) is 0 Å². The summed E-state index contributed by atoms with van der Waals surface area (Å²) < 4.78 is 0. The summed E-state index contributed by atoms with van der Waals surface area (Å²) >= 11 is 0. The molecule has 1 amide bonds. The van der Waals surface area contributed by atoms with E-state index in [0.717, 1.165) is 13.0 Å². The minimum absolute atomic E-state index is 0.0697. The third-order valence-electron chi connectivity index (χ3n) is 3.24. The minimum atomic E-state index is -0.336. The lowest BCUT2D eigenvalue weighted by Gasteiger charge is -2.37. The van der Waals surface area contributed by atoms with Crippen LogP contribution in [-0.4, -0.2) is 47.7 Å². The maximum Gasteiger partial charge on any atom is 0.237 e. The predicted octanol–water partition coefficient (Wildman–Crippen LogP) is -0.173. The number of aliphatic hydroxyl groups excluding tert-OH is 1. The Morgan fingerprint density at radius 3 is 3.00 bits per heavy atom. The number of hydrogen-bond acceptors (Lipinski definition) is 3. The summed E-state index contributed by atoms with van der Waals surface area (Å²) in [7, 11) is 0. The number of β-amino-alcohol motifs (C(OH)–C–C–N with tert-alkyl or cyclic N) is 1. The van der Waals surface area contributed by atoms with E-state index in [-0.39, 0.29) is 24.6 Å². The molecule has 4 heteroatoms. The molecule has 0 bridgehead atoms. The standard InChI is InChI=1S/C12H20N2O2/c1-4-6-13-12(16)10(3)14-7-5-9(2)11(15)8-14/h1,9-11,15H,5-8H2,2-3H3,(H,13,16). The van der Waals surface area contributed by atoms with Gasteiger partial charge in [-0.05, 0) is 25.8 Å². The van der Waals surface area contributed by atoms with Crippen LogP contribution < -0.4 is 5.32 Å². The van der Waals surface area contributed by atoms with Crippen LogP contribution in [0.25, 0.3) is 0 Å². The van der Waals surface area contributed by atoms with E-state index in [2.05, 4.69) is 11.2 Å². The van der Waals surface area contributed by atoms with Gasteiger partial charge in [0.15, 0.2) is 0 Å². The monoisotopic (exact) mass is 224 g/mol. The second kappa shape index (κ2) is 5.88. The van der Waals surface area contributed by atoms with Crippen molar-refractivity contribution in [3.8, 4) is 12.3 Å². The number of terminal acetylenes is 1. The van der Waals surface area contributed by atoms with Gasteiger partial charge in [-0.25, -0.2) is 0 Å². The Labute approximate surface area is 97.0 Å². The lowest BCUT2D eigenvalue weighted by molar-refractivity contribution is -0.127. The Kier molecular flexibility index (Phi) is 4.78. The Morgan fingerprint density at radius 1 is 1.75 bits per heavy atom. The molecule has 3 unspecified atom stereocenters. The molecule has 4 nitrogen and oxygen atoms in total. The maximum atomic E-state index is 11.7. The molecular formula is C12H20N2O2. The van der Waals surface area contributed by atoms with Crippen LogP contribution in [0.4, 0.5) is 0 Å². The molecule has 0 aromatic carbocycles. The molecular weight excluding hydrogens is 204 g/mol. The molecule has 90 valence electrons. The quantitative estimate of drug-likeness (QED) is 0.654. The van der Waals surface area contributed by atoms with E-state index in [1.165, 1.54) is 0 Å². The first-order valence-electron chi connectivity index (χ1n) is 5.69. The zero-order chi connectivity index (χ0) is 12.1. The van der Waals surface area contributed by atoms with Crippen LogP contribution in [0, 0.1) is 18.3 Å². The number of amides is 1. The molecule has 0 aromatic heterocycles. The molecule has 1 heterocycles. The number of nitrogens with one attached hydrogen (secondary N) is 1. The zero-order valence-corrected chi connectivity index (χ0v) is 9.94. The van der Waals surface area contributed by atoms with E-state index in [0.29, 0.717) is 12.5 Å². The molecule has 0 spiro atoms. The van der Waals surface area contributed by atoms with Crippen LogP contribution in [0.2, 0.25) is 0 Å². The summed E-state index contributed by atoms with van der Waals surface area (Å²) in [6.45, 7) is 5.55. The minimum Gasteiger partial charge on any atom is -0.392 e. The van der Waals surface area contributed by atoms with Crippen LogP contribution in [0.1, 0.15) is 20.3 Å². The zero-order valence-electron chi connectivity index (χ0n) is 9.94.